The van der Waals surface area contributed by atoms with Gasteiger partial charge in [0.05, 0.1) is 0 Å². The van der Waals surface area contributed by atoms with Crippen LogP contribution in [0.25, 0.3) is 0 Å². The van der Waals surface area contributed by atoms with Crippen LogP contribution in [-0.2, 0) is 36.6 Å². The molecule has 0 aromatic heterocycles. The Morgan fingerprint density at radius 3 is 1.17 bits per heavy atom. The predicted molar refractivity (Wildman–Crippen MR) is 14.2 cm³/mol. The maximum atomic E-state index is 8.74. The third-order valence-corrected chi connectivity index (χ3v) is 0. The Balaban J connectivity index is 0. The fourth-order valence-corrected chi connectivity index (χ4v) is 0. The van der Waals surface area contributed by atoms with Gasteiger partial charge >= 0.3 is 10.4 Å². The van der Waals surface area contributed by atoms with Gasteiger partial charge in [0.2, 0.25) is 0 Å². The summed E-state index contributed by atoms with van der Waals surface area (Å²) in [6.07, 6.45) is 0. The van der Waals surface area contributed by atoms with Gasteiger partial charge in [-0.05, 0) is 0 Å². The first-order chi connectivity index (χ1) is 2.00. The van der Waals surface area contributed by atoms with Crippen LogP contribution in [0.4, 0.5) is 0 Å². The van der Waals surface area contributed by atoms with Gasteiger partial charge in [-0.15, -0.1) is 0 Å². The van der Waals surface area contributed by atoms with E-state index in [1.165, 1.54) is 0 Å². The van der Waals surface area contributed by atoms with Gasteiger partial charge in [-0.3, -0.25) is 9.11 Å². The monoisotopic (exact) mass is 188 g/mol. The average Bonchev–Trinajstić information content (AvgIpc) is 0.722. The molecule has 6 heavy (non-hydrogen) atoms. The zero-order valence-corrected chi connectivity index (χ0v) is 5.89. The molecule has 4 nitrogen and oxygen atoms in total. The number of rotatable bonds is 0. The molecule has 0 aliphatic heterocycles. The van der Waals surface area contributed by atoms with Crippen LogP contribution in [0.3, 0.4) is 0 Å². The summed E-state index contributed by atoms with van der Waals surface area (Å²) in [6.45, 7) is 0. The molecule has 0 aromatic rings. The third kappa shape index (κ3) is 118. The Bertz CT molecular complexity index is 90.7. The molecule has 0 rings (SSSR count). The fourth-order valence-electron chi connectivity index (χ4n) is 0. The van der Waals surface area contributed by atoms with Gasteiger partial charge in [0.25, 0.3) is 0 Å². The van der Waals surface area contributed by atoms with Gasteiger partial charge in [-0.25, -0.2) is 0 Å². The van der Waals surface area contributed by atoms with Crippen molar-refractivity contribution in [3.8, 4) is 0 Å². The normalized spacial score (nSPS) is 9.67. The third-order valence-electron chi connectivity index (χ3n) is 0. The first-order valence-electron chi connectivity index (χ1n) is 0.698. The van der Waals surface area contributed by atoms with Crippen molar-refractivity contribution >= 4 is 10.4 Å². The van der Waals surface area contributed by atoms with E-state index in [-0.39, 0.29) is 26.2 Å². The van der Waals surface area contributed by atoms with Crippen LogP contribution in [-0.4, -0.2) is 17.5 Å². The van der Waals surface area contributed by atoms with E-state index in [9.17, 15) is 0 Å². The van der Waals surface area contributed by atoms with E-state index in [1.54, 1.807) is 0 Å². The second kappa shape index (κ2) is 2.85. The first kappa shape index (κ1) is 9.89. The molecule has 0 aliphatic rings. The molecular weight excluding hydrogens is 187 g/mol. The predicted octanol–water partition coefficient (Wildman–Crippen LogP) is -0.655. The van der Waals surface area contributed by atoms with Crippen molar-refractivity contribution in [2.75, 3.05) is 0 Å². The largest absolute Gasteiger partial charge is 0.394 e. The first-order valence-corrected chi connectivity index (χ1v) is 2.10. The second-order valence-electron chi connectivity index (χ2n) is 0.448. The molecule has 6 heteroatoms. The molecule has 0 atom stereocenters. The number of hydrogen-bond donors (Lipinski definition) is 2. The maximum Gasteiger partial charge on any atom is 0.394 e. The zero-order valence-electron chi connectivity index (χ0n) is 2.62. The van der Waals surface area contributed by atoms with Crippen LogP contribution in [0.15, 0.2) is 0 Å². The molecule has 0 aromatic carbocycles. The van der Waals surface area contributed by atoms with Gasteiger partial charge in [-0.2, -0.15) is 8.42 Å². The van der Waals surface area contributed by atoms with E-state index in [0.29, 0.717) is 0 Å². The summed E-state index contributed by atoms with van der Waals surface area (Å²) in [5.41, 5.74) is 0. The molecule has 0 unspecified atom stereocenters. The Labute approximate surface area is 54.3 Å². The summed E-state index contributed by atoms with van der Waals surface area (Å²) in [5, 5.41) is 0. The van der Waals surface area contributed by atoms with Crippen molar-refractivity contribution in [3.05, 3.63) is 0 Å². The summed E-state index contributed by atoms with van der Waals surface area (Å²) in [6, 6.07) is 0. The van der Waals surface area contributed by atoms with Crippen LogP contribution in [0.2, 0.25) is 0 Å². The van der Waals surface area contributed by atoms with Crippen molar-refractivity contribution in [2.24, 2.45) is 0 Å². The molecule has 0 aliphatic carbocycles. The number of hydrogen-bond acceptors (Lipinski definition) is 2. The van der Waals surface area contributed by atoms with E-state index < -0.39 is 10.4 Å². The fraction of sp³-hybridized carbons (Fsp3) is 0. The summed E-state index contributed by atoms with van der Waals surface area (Å²) < 4.78 is 31.6. The van der Waals surface area contributed by atoms with Gasteiger partial charge in [0.15, 0.2) is 0 Å². The van der Waals surface area contributed by atoms with Gasteiger partial charge in [0, 0.05) is 26.2 Å². The molecule has 36 valence electrons. The van der Waals surface area contributed by atoms with E-state index in [2.05, 4.69) is 0 Å². The van der Waals surface area contributed by atoms with Crippen molar-refractivity contribution in [3.63, 3.8) is 0 Å². The Morgan fingerprint density at radius 1 is 1.17 bits per heavy atom. The van der Waals surface area contributed by atoms with Crippen molar-refractivity contribution < 1.29 is 43.7 Å². The Hall–Kier alpha value is 0.753. The molecule has 0 heterocycles. The minimum Gasteiger partial charge on any atom is -0.264 e. The molecule has 0 radical (unpaired) electrons. The summed E-state index contributed by atoms with van der Waals surface area (Å²) in [4.78, 5) is 0. The van der Waals surface area contributed by atoms with E-state index >= 15 is 0 Å². The van der Waals surface area contributed by atoms with Crippen molar-refractivity contribution in [1.82, 2.24) is 0 Å². The molecular formula is H2O4SZr. The Morgan fingerprint density at radius 2 is 1.17 bits per heavy atom. The summed E-state index contributed by atoms with van der Waals surface area (Å²) in [5.74, 6) is 0. The maximum absolute atomic E-state index is 8.74. The van der Waals surface area contributed by atoms with Gasteiger partial charge in [0.1, 0.15) is 0 Å². The van der Waals surface area contributed by atoms with Crippen LogP contribution < -0.4 is 0 Å². The van der Waals surface area contributed by atoms with Crippen molar-refractivity contribution in [2.45, 2.75) is 0 Å². The molecule has 0 saturated heterocycles. The molecule has 0 saturated carbocycles. The van der Waals surface area contributed by atoms with Gasteiger partial charge in [-0.1, -0.05) is 0 Å². The smallest absolute Gasteiger partial charge is 0.264 e. The molecule has 0 amide bonds. The Kier molecular flexibility index (Phi) is 4.70. The molecule has 0 spiro atoms. The SMILES string of the molecule is O=S(=O)(O)O.[Zr]. The average molecular weight is 189 g/mol. The minimum absolute atomic E-state index is 0. The quantitative estimate of drug-likeness (QED) is 0.496. The topological polar surface area (TPSA) is 74.6 Å². The van der Waals surface area contributed by atoms with Crippen LogP contribution >= 0.6 is 0 Å². The summed E-state index contributed by atoms with van der Waals surface area (Å²) >= 11 is 0. The standard InChI is InChI=1S/H2O4S.Zr/c1-5(2,3)4;/h(H2,1,2,3,4);. The zero-order chi connectivity index (χ0) is 4.50. The second-order valence-corrected chi connectivity index (χ2v) is 1.34. The molecule has 0 bridgehead atoms. The van der Waals surface area contributed by atoms with E-state index in [4.69, 9.17) is 17.5 Å². The van der Waals surface area contributed by atoms with Crippen LogP contribution in [0, 0.1) is 0 Å². The molecule has 0 fully saturated rings. The van der Waals surface area contributed by atoms with Crippen LogP contribution in [0.5, 0.6) is 0 Å². The summed E-state index contributed by atoms with van der Waals surface area (Å²) in [7, 11) is -4.67. The minimum atomic E-state index is -4.67. The van der Waals surface area contributed by atoms with E-state index in [1.807, 2.05) is 0 Å². The van der Waals surface area contributed by atoms with Crippen molar-refractivity contribution in [1.29, 1.82) is 0 Å². The van der Waals surface area contributed by atoms with E-state index in [0.717, 1.165) is 0 Å². The van der Waals surface area contributed by atoms with Crippen LogP contribution in [0.1, 0.15) is 0 Å². The molecule has 2 N–H and O–H groups in total. The van der Waals surface area contributed by atoms with Gasteiger partial charge < -0.3 is 0 Å².